The molecule has 0 aromatic heterocycles. The van der Waals surface area contributed by atoms with Gasteiger partial charge in [0.05, 0.1) is 17.5 Å². The first-order valence-corrected chi connectivity index (χ1v) is 9.84. The van der Waals surface area contributed by atoms with Crippen molar-refractivity contribution in [2.75, 3.05) is 11.5 Å². The van der Waals surface area contributed by atoms with Crippen LogP contribution in [0.4, 0.5) is 5.69 Å². The van der Waals surface area contributed by atoms with Gasteiger partial charge in [-0.3, -0.25) is 14.5 Å². The summed E-state index contributed by atoms with van der Waals surface area (Å²) in [6.07, 6.45) is 0.897. The Hall–Kier alpha value is -1.41. The van der Waals surface area contributed by atoms with Gasteiger partial charge in [-0.2, -0.15) is 0 Å². The Morgan fingerprint density at radius 1 is 1.08 bits per heavy atom. The summed E-state index contributed by atoms with van der Waals surface area (Å²) < 4.78 is 5.09. The lowest BCUT2D eigenvalue weighted by atomic mass is 9.81. The zero-order valence-electron chi connectivity index (χ0n) is 13.0. The molecular weight excluding hydrogens is 458 g/mol. The van der Waals surface area contributed by atoms with E-state index in [0.29, 0.717) is 11.4 Å². The van der Waals surface area contributed by atoms with Crippen LogP contribution in [0.2, 0.25) is 0 Å². The van der Waals surface area contributed by atoms with Gasteiger partial charge in [0.15, 0.2) is 6.61 Å². The van der Waals surface area contributed by atoms with Crippen molar-refractivity contribution < 1.29 is 24.2 Å². The Bertz CT molecular complexity index is 720. The van der Waals surface area contributed by atoms with Crippen LogP contribution in [0.25, 0.3) is 0 Å². The molecule has 8 heteroatoms. The van der Waals surface area contributed by atoms with E-state index in [4.69, 9.17) is 9.84 Å². The molecule has 1 aromatic carbocycles. The molecule has 0 spiro atoms. The molecule has 2 amide bonds. The maximum atomic E-state index is 12.9. The highest BCUT2D eigenvalue weighted by Crippen LogP contribution is 2.60. The van der Waals surface area contributed by atoms with Crippen LogP contribution in [0.15, 0.2) is 24.3 Å². The summed E-state index contributed by atoms with van der Waals surface area (Å²) in [6.45, 7) is -0.437. The van der Waals surface area contributed by atoms with Crippen LogP contribution in [0.1, 0.15) is 6.42 Å². The second-order valence-corrected chi connectivity index (χ2v) is 8.81. The van der Waals surface area contributed by atoms with E-state index in [9.17, 15) is 14.4 Å². The quantitative estimate of drug-likeness (QED) is 0.537. The summed E-state index contributed by atoms with van der Waals surface area (Å²) >= 11 is 7.33. The van der Waals surface area contributed by atoms with Crippen molar-refractivity contribution >= 4 is 55.3 Å². The number of benzene rings is 1. The summed E-state index contributed by atoms with van der Waals surface area (Å²) in [5, 5.41) is 8.63. The van der Waals surface area contributed by atoms with Crippen molar-refractivity contribution in [2.24, 2.45) is 23.7 Å². The summed E-state index contributed by atoms with van der Waals surface area (Å²) in [5.74, 6) is -1.09. The number of aliphatic carboxylic acids is 1. The van der Waals surface area contributed by atoms with Crippen molar-refractivity contribution in [3.63, 3.8) is 0 Å². The number of alkyl halides is 2. The number of halogens is 2. The van der Waals surface area contributed by atoms with Gasteiger partial charge in [-0.25, -0.2) is 4.79 Å². The van der Waals surface area contributed by atoms with E-state index in [-0.39, 0.29) is 45.1 Å². The average molecular weight is 473 g/mol. The molecule has 6 atom stereocenters. The zero-order valence-corrected chi connectivity index (χ0v) is 16.1. The number of hydrogen-bond acceptors (Lipinski definition) is 4. The van der Waals surface area contributed by atoms with Gasteiger partial charge in [-0.15, -0.1) is 0 Å². The first-order valence-electron chi connectivity index (χ1n) is 8.00. The van der Waals surface area contributed by atoms with Gasteiger partial charge in [0.25, 0.3) is 0 Å². The Morgan fingerprint density at radius 3 is 2.08 bits per heavy atom. The second-order valence-electron chi connectivity index (χ2n) is 6.69. The molecule has 2 bridgehead atoms. The number of ether oxygens (including phenoxy) is 1. The Balaban J connectivity index is 1.57. The molecule has 1 aliphatic heterocycles. The van der Waals surface area contributed by atoms with Crippen LogP contribution in [-0.2, 0) is 14.4 Å². The molecule has 6 nitrogen and oxygen atoms in total. The van der Waals surface area contributed by atoms with Crippen LogP contribution < -0.4 is 9.64 Å². The normalized spacial score (nSPS) is 36.0. The smallest absolute Gasteiger partial charge is 0.341 e. The molecule has 25 heavy (non-hydrogen) atoms. The van der Waals surface area contributed by atoms with E-state index in [2.05, 4.69) is 31.9 Å². The van der Waals surface area contributed by atoms with Crippen molar-refractivity contribution in [2.45, 2.75) is 16.1 Å². The number of carboxylic acid groups (broad SMARTS) is 1. The number of fused-ring (bicyclic) bond motifs is 5. The van der Waals surface area contributed by atoms with Gasteiger partial charge >= 0.3 is 5.97 Å². The van der Waals surface area contributed by atoms with Gasteiger partial charge in [0.2, 0.25) is 11.8 Å². The lowest BCUT2D eigenvalue weighted by molar-refractivity contribution is -0.139. The maximum Gasteiger partial charge on any atom is 0.341 e. The van der Waals surface area contributed by atoms with Crippen molar-refractivity contribution in [3.8, 4) is 5.75 Å². The standard InChI is InChI=1S/C17H15Br2NO5/c18-14-9-5-10(15(14)19)13-12(9)16(23)20(17(13)24)7-1-3-8(4-2-7)25-6-11(21)22/h1-4,9-10,12-15H,5-6H2,(H,21,22)/t9-,10+,12-,13-,14-,15+/m0/s1. The number of carbonyl (C=O) groups is 3. The molecule has 1 N–H and O–H groups in total. The number of amides is 2. The number of anilines is 1. The van der Waals surface area contributed by atoms with Crippen LogP contribution >= 0.6 is 31.9 Å². The minimum absolute atomic E-state index is 0.134. The van der Waals surface area contributed by atoms with Crippen LogP contribution in [0.5, 0.6) is 5.75 Å². The van der Waals surface area contributed by atoms with Crippen LogP contribution in [0, 0.1) is 23.7 Å². The molecule has 132 valence electrons. The highest BCUT2D eigenvalue weighted by molar-refractivity contribution is 9.12. The number of rotatable bonds is 4. The number of hydrogen-bond donors (Lipinski definition) is 1. The Kier molecular flexibility index (Phi) is 4.15. The van der Waals surface area contributed by atoms with Crippen LogP contribution in [-0.4, -0.2) is 39.2 Å². The molecule has 0 unspecified atom stereocenters. The van der Waals surface area contributed by atoms with Crippen molar-refractivity contribution in [1.29, 1.82) is 0 Å². The highest BCUT2D eigenvalue weighted by Gasteiger charge is 2.66. The molecule has 4 rings (SSSR count). The first kappa shape index (κ1) is 17.0. The number of carboxylic acids is 1. The molecule has 3 aliphatic rings. The average Bonchev–Trinajstić information content (AvgIpc) is 3.19. The third kappa shape index (κ3) is 2.52. The molecule has 1 heterocycles. The molecule has 3 fully saturated rings. The second kappa shape index (κ2) is 6.09. The molecule has 2 aliphatic carbocycles. The molecule has 0 radical (unpaired) electrons. The number of carbonyl (C=O) groups excluding carboxylic acids is 2. The van der Waals surface area contributed by atoms with Gasteiger partial charge in [0.1, 0.15) is 5.75 Å². The van der Waals surface area contributed by atoms with Crippen LogP contribution in [0.3, 0.4) is 0 Å². The largest absolute Gasteiger partial charge is 0.482 e. The van der Waals surface area contributed by atoms with E-state index in [1.54, 1.807) is 24.3 Å². The summed E-state index contributed by atoms with van der Waals surface area (Å²) in [7, 11) is 0. The fourth-order valence-corrected chi connectivity index (χ4v) is 6.31. The van der Waals surface area contributed by atoms with Crippen molar-refractivity contribution in [3.05, 3.63) is 24.3 Å². The summed E-state index contributed by atoms with van der Waals surface area (Å²) in [4.78, 5) is 38.0. The van der Waals surface area contributed by atoms with Gasteiger partial charge in [-0.05, 0) is 42.5 Å². The van der Waals surface area contributed by atoms with Gasteiger partial charge in [-0.1, -0.05) is 31.9 Å². The predicted octanol–water partition coefficient (Wildman–Crippen LogP) is 2.43. The van der Waals surface area contributed by atoms with Gasteiger partial charge in [0, 0.05) is 9.65 Å². The Morgan fingerprint density at radius 2 is 1.60 bits per heavy atom. The van der Waals surface area contributed by atoms with E-state index < -0.39 is 12.6 Å². The predicted molar refractivity (Wildman–Crippen MR) is 96.1 cm³/mol. The minimum atomic E-state index is -1.06. The fraction of sp³-hybridized carbons (Fsp3) is 0.471. The third-order valence-electron chi connectivity index (χ3n) is 5.44. The fourth-order valence-electron chi connectivity index (χ4n) is 4.44. The molecule has 1 saturated heterocycles. The third-order valence-corrected chi connectivity index (χ3v) is 8.65. The van der Waals surface area contributed by atoms with Gasteiger partial charge < -0.3 is 9.84 Å². The lowest BCUT2D eigenvalue weighted by Crippen LogP contribution is -2.37. The SMILES string of the molecule is O=C(O)COc1ccc(N2C(=O)[C@H]3[C@@H]4C[C@@H]([C@@H](Br)[C@H]4Br)[C@@H]3C2=O)cc1. The highest BCUT2D eigenvalue weighted by atomic mass is 79.9. The topological polar surface area (TPSA) is 83.9 Å². The maximum absolute atomic E-state index is 12.9. The van der Waals surface area contributed by atoms with Crippen molar-refractivity contribution in [1.82, 2.24) is 0 Å². The minimum Gasteiger partial charge on any atom is -0.482 e. The summed E-state index contributed by atoms with van der Waals surface area (Å²) in [5.41, 5.74) is 0.503. The van der Waals surface area contributed by atoms with E-state index in [0.717, 1.165) is 6.42 Å². The molecule has 1 aromatic rings. The zero-order chi connectivity index (χ0) is 17.9. The molecular formula is C17H15Br2NO5. The number of imide groups is 1. The first-order chi connectivity index (χ1) is 11.9. The lowest BCUT2D eigenvalue weighted by Gasteiger charge is -2.28. The molecule has 2 saturated carbocycles. The summed E-state index contributed by atoms with van der Waals surface area (Å²) in [6, 6.07) is 6.38. The Labute approximate surface area is 160 Å². The number of nitrogens with zero attached hydrogens (tertiary/aromatic N) is 1. The van der Waals surface area contributed by atoms with E-state index in [1.807, 2.05) is 0 Å². The monoisotopic (exact) mass is 471 g/mol. The van der Waals surface area contributed by atoms with E-state index >= 15 is 0 Å². The van der Waals surface area contributed by atoms with E-state index in [1.165, 1.54) is 4.90 Å².